The summed E-state index contributed by atoms with van der Waals surface area (Å²) in [6, 6.07) is 20.7. The molecule has 2 aromatic carbocycles. The molecular formula is C25H34IN3O2. The molecule has 2 atom stereocenters. The summed E-state index contributed by atoms with van der Waals surface area (Å²) < 4.78 is 12.3. The molecule has 0 amide bonds. The summed E-state index contributed by atoms with van der Waals surface area (Å²) >= 11 is 0. The largest absolute Gasteiger partial charge is 0.490 e. The number of hydrogen-bond donors (Lipinski definition) is 1. The van der Waals surface area contributed by atoms with Crippen molar-refractivity contribution < 1.29 is 9.47 Å². The molecule has 31 heavy (non-hydrogen) atoms. The first kappa shape index (κ1) is 23.9. The zero-order valence-corrected chi connectivity index (χ0v) is 20.6. The van der Waals surface area contributed by atoms with Crippen molar-refractivity contribution in [2.24, 2.45) is 10.9 Å². The van der Waals surface area contributed by atoms with Crippen LogP contribution >= 0.6 is 24.0 Å². The van der Waals surface area contributed by atoms with E-state index in [1.807, 2.05) is 37.4 Å². The van der Waals surface area contributed by atoms with Crippen LogP contribution in [0.1, 0.15) is 37.4 Å². The van der Waals surface area contributed by atoms with Crippen molar-refractivity contribution >= 4 is 29.9 Å². The number of rotatable bonds is 5. The highest BCUT2D eigenvalue weighted by Gasteiger charge is 2.28. The molecule has 0 saturated carbocycles. The molecule has 0 bridgehead atoms. The minimum Gasteiger partial charge on any atom is -0.490 e. The van der Waals surface area contributed by atoms with Gasteiger partial charge in [-0.1, -0.05) is 48.5 Å². The Labute approximate surface area is 203 Å². The summed E-state index contributed by atoms with van der Waals surface area (Å²) in [5.41, 5.74) is 1.28. The van der Waals surface area contributed by atoms with Gasteiger partial charge in [0, 0.05) is 52.0 Å². The van der Waals surface area contributed by atoms with E-state index in [2.05, 4.69) is 45.5 Å². The van der Waals surface area contributed by atoms with Crippen molar-refractivity contribution in [3.63, 3.8) is 0 Å². The van der Waals surface area contributed by atoms with Crippen LogP contribution < -0.4 is 10.1 Å². The summed E-state index contributed by atoms with van der Waals surface area (Å²) in [6.07, 6.45) is 4.75. The third-order valence-electron chi connectivity index (χ3n) is 6.09. The lowest BCUT2D eigenvalue weighted by molar-refractivity contribution is -0.0267. The van der Waals surface area contributed by atoms with E-state index < -0.39 is 0 Å². The lowest BCUT2D eigenvalue weighted by atomic mass is 9.89. The third-order valence-corrected chi connectivity index (χ3v) is 6.09. The number of aliphatic imine (C=N–C) groups is 1. The average Bonchev–Trinajstić information content (AvgIpc) is 2.82. The molecule has 2 unspecified atom stereocenters. The van der Waals surface area contributed by atoms with Gasteiger partial charge in [-0.25, -0.2) is 0 Å². The molecule has 5 nitrogen and oxygen atoms in total. The van der Waals surface area contributed by atoms with E-state index in [9.17, 15) is 0 Å². The summed E-state index contributed by atoms with van der Waals surface area (Å²) in [5, 5.41) is 3.63. The molecule has 2 aliphatic heterocycles. The van der Waals surface area contributed by atoms with Crippen LogP contribution in [0, 0.1) is 5.92 Å². The normalized spacial score (nSPS) is 22.5. The van der Waals surface area contributed by atoms with Crippen molar-refractivity contribution in [3.8, 4) is 5.75 Å². The third kappa shape index (κ3) is 6.59. The number of para-hydroxylation sites is 1. The van der Waals surface area contributed by atoms with Gasteiger partial charge < -0.3 is 19.7 Å². The number of piperidine rings is 1. The predicted octanol–water partition coefficient (Wildman–Crippen LogP) is 4.89. The number of likely N-dealkylation sites (tertiary alicyclic amines) is 1. The van der Waals surface area contributed by atoms with Gasteiger partial charge in [-0.05, 0) is 30.5 Å². The summed E-state index contributed by atoms with van der Waals surface area (Å²) in [6.45, 7) is 3.65. The molecule has 0 spiro atoms. The summed E-state index contributed by atoms with van der Waals surface area (Å²) in [5.74, 6) is 2.41. The van der Waals surface area contributed by atoms with Crippen LogP contribution in [0.25, 0.3) is 0 Å². The van der Waals surface area contributed by atoms with Crippen LogP contribution in [-0.2, 0) is 4.74 Å². The summed E-state index contributed by atoms with van der Waals surface area (Å²) in [7, 11) is 1.88. The van der Waals surface area contributed by atoms with Crippen LogP contribution in [0.2, 0.25) is 0 Å². The molecule has 2 aromatic rings. The highest BCUT2D eigenvalue weighted by Crippen LogP contribution is 2.33. The molecule has 168 valence electrons. The molecule has 6 heteroatoms. The zero-order valence-electron chi connectivity index (χ0n) is 18.3. The first-order chi connectivity index (χ1) is 14.8. The second kappa shape index (κ2) is 12.3. The Bertz CT molecular complexity index is 795. The van der Waals surface area contributed by atoms with Gasteiger partial charge in [0.05, 0.1) is 6.10 Å². The maximum absolute atomic E-state index is 6.15. The number of hydrogen-bond acceptors (Lipinski definition) is 3. The van der Waals surface area contributed by atoms with E-state index in [1.165, 1.54) is 12.0 Å². The molecule has 2 aliphatic rings. The van der Waals surface area contributed by atoms with Crippen molar-refractivity contribution in [2.45, 2.75) is 37.9 Å². The fourth-order valence-electron chi connectivity index (χ4n) is 4.50. The number of guanidine groups is 1. The lowest BCUT2D eigenvalue weighted by Crippen LogP contribution is -2.49. The summed E-state index contributed by atoms with van der Waals surface area (Å²) in [4.78, 5) is 6.91. The van der Waals surface area contributed by atoms with E-state index in [-0.39, 0.29) is 36.2 Å². The Morgan fingerprint density at radius 1 is 1.03 bits per heavy atom. The Kier molecular flexibility index (Phi) is 9.46. The maximum Gasteiger partial charge on any atom is 0.193 e. The highest BCUT2D eigenvalue weighted by molar-refractivity contribution is 14.0. The van der Waals surface area contributed by atoms with E-state index in [4.69, 9.17) is 9.47 Å². The van der Waals surface area contributed by atoms with Gasteiger partial charge >= 0.3 is 0 Å². The van der Waals surface area contributed by atoms with Gasteiger partial charge in [0.2, 0.25) is 0 Å². The van der Waals surface area contributed by atoms with Crippen LogP contribution in [-0.4, -0.2) is 50.3 Å². The van der Waals surface area contributed by atoms with E-state index in [1.54, 1.807) is 0 Å². The van der Waals surface area contributed by atoms with Crippen molar-refractivity contribution in [3.05, 3.63) is 66.2 Å². The number of nitrogens with zero attached hydrogens (tertiary/aromatic N) is 2. The van der Waals surface area contributed by atoms with Crippen molar-refractivity contribution in [1.29, 1.82) is 0 Å². The maximum atomic E-state index is 6.15. The highest BCUT2D eigenvalue weighted by atomic mass is 127. The van der Waals surface area contributed by atoms with Gasteiger partial charge in [0.1, 0.15) is 11.9 Å². The van der Waals surface area contributed by atoms with Gasteiger partial charge in [0.25, 0.3) is 0 Å². The molecule has 1 N–H and O–H groups in total. The van der Waals surface area contributed by atoms with Crippen molar-refractivity contribution in [1.82, 2.24) is 10.2 Å². The lowest BCUT2D eigenvalue weighted by Gasteiger charge is -2.36. The topological polar surface area (TPSA) is 46.1 Å². The molecule has 2 saturated heterocycles. The minimum absolute atomic E-state index is 0. The van der Waals surface area contributed by atoms with Gasteiger partial charge in [-0.15, -0.1) is 24.0 Å². The molecule has 0 aromatic heterocycles. The van der Waals surface area contributed by atoms with Gasteiger partial charge in [-0.3, -0.25) is 4.99 Å². The van der Waals surface area contributed by atoms with Crippen LogP contribution in [0.15, 0.2) is 65.7 Å². The van der Waals surface area contributed by atoms with Crippen LogP contribution in [0.3, 0.4) is 0 Å². The first-order valence-electron chi connectivity index (χ1n) is 11.2. The predicted molar refractivity (Wildman–Crippen MR) is 136 cm³/mol. The second-order valence-electron chi connectivity index (χ2n) is 8.15. The number of halogens is 1. The van der Waals surface area contributed by atoms with E-state index in [0.717, 1.165) is 57.2 Å². The fourth-order valence-corrected chi connectivity index (χ4v) is 4.50. The second-order valence-corrected chi connectivity index (χ2v) is 8.15. The Morgan fingerprint density at radius 3 is 2.39 bits per heavy atom. The van der Waals surface area contributed by atoms with E-state index in [0.29, 0.717) is 5.92 Å². The average molecular weight is 535 g/mol. The molecule has 4 rings (SSSR count). The van der Waals surface area contributed by atoms with Crippen LogP contribution in [0.4, 0.5) is 0 Å². The Balaban J connectivity index is 0.00000272. The fraction of sp³-hybridized carbons (Fsp3) is 0.480. The standard InChI is InChI=1S/C25H33N3O2.HI/c1-26-25(28-16-14-23(15-17-28)30-22-12-6-3-7-13-22)27-19-21-11-8-18-29-24(21)20-9-4-2-5-10-20;/h2-7,9-10,12-13,21,23-24H,8,11,14-19H2,1H3,(H,26,27);1H. The van der Waals surface area contributed by atoms with E-state index >= 15 is 0 Å². The molecule has 0 aliphatic carbocycles. The van der Waals surface area contributed by atoms with Gasteiger partial charge in [-0.2, -0.15) is 0 Å². The first-order valence-corrected chi connectivity index (χ1v) is 11.2. The number of benzene rings is 2. The Morgan fingerprint density at radius 2 is 1.71 bits per heavy atom. The smallest absolute Gasteiger partial charge is 0.193 e. The molecule has 2 heterocycles. The monoisotopic (exact) mass is 535 g/mol. The minimum atomic E-state index is 0. The van der Waals surface area contributed by atoms with Crippen LogP contribution in [0.5, 0.6) is 5.75 Å². The number of nitrogens with one attached hydrogen (secondary N) is 1. The van der Waals surface area contributed by atoms with Crippen molar-refractivity contribution in [2.75, 3.05) is 33.3 Å². The molecule has 0 radical (unpaired) electrons. The SMILES string of the molecule is CN=C(NCC1CCCOC1c1ccccc1)N1CCC(Oc2ccccc2)CC1.I. The number of ether oxygens (including phenoxy) is 2. The quantitative estimate of drug-likeness (QED) is 0.337. The van der Waals surface area contributed by atoms with Gasteiger partial charge in [0.15, 0.2) is 5.96 Å². The molecular weight excluding hydrogens is 501 g/mol. The molecule has 2 fully saturated rings. The zero-order chi connectivity index (χ0) is 20.6. The Hall–Kier alpha value is -1.80.